The van der Waals surface area contributed by atoms with Crippen molar-refractivity contribution < 1.29 is 0 Å². The molecule has 0 saturated carbocycles. The Morgan fingerprint density at radius 3 is 1.67 bits per heavy atom. The van der Waals surface area contributed by atoms with E-state index in [4.69, 9.17) is 9.97 Å². The number of aromatic nitrogens is 2. The van der Waals surface area contributed by atoms with Crippen LogP contribution in [0.5, 0.6) is 0 Å². The quantitative estimate of drug-likeness (QED) is 0.125. The fourth-order valence-corrected chi connectivity index (χ4v) is 9.29. The first-order valence-corrected chi connectivity index (χ1v) is 20.1. The zero-order valence-corrected chi connectivity index (χ0v) is 31.7. The van der Waals surface area contributed by atoms with E-state index in [1.807, 2.05) is 11.3 Å². The Morgan fingerprint density at radius 1 is 0.298 bits per heavy atom. The number of hydrogen-bond donors (Lipinski definition) is 0. The van der Waals surface area contributed by atoms with Crippen molar-refractivity contribution in [2.24, 2.45) is 0 Å². The Balaban J connectivity index is 1.06. The van der Waals surface area contributed by atoms with Gasteiger partial charge in [-0.1, -0.05) is 170 Å². The predicted octanol–water partition coefficient (Wildman–Crippen LogP) is 15.2. The van der Waals surface area contributed by atoms with Crippen LogP contribution >= 0.6 is 11.3 Å². The van der Waals surface area contributed by atoms with Gasteiger partial charge in [-0.3, -0.25) is 0 Å². The minimum absolute atomic E-state index is 0.695. The maximum atomic E-state index is 5.29. The van der Waals surface area contributed by atoms with Crippen molar-refractivity contribution in [2.45, 2.75) is 0 Å². The molecule has 11 aromatic rings. The summed E-state index contributed by atoms with van der Waals surface area (Å²) in [7, 11) is 0. The average Bonchev–Trinajstić information content (AvgIpc) is 3.73. The molecule has 0 aliphatic rings. The molecular formula is C54H34N2S. The number of fused-ring (bicyclic) bond motifs is 5. The first-order chi connectivity index (χ1) is 28.2. The third-order valence-electron chi connectivity index (χ3n) is 11.1. The monoisotopic (exact) mass is 742 g/mol. The summed E-state index contributed by atoms with van der Waals surface area (Å²) in [5, 5.41) is 8.77. The predicted molar refractivity (Wildman–Crippen MR) is 243 cm³/mol. The standard InChI is InChI=1S/C54H34N2S/c1-2-12-35(13-3-1)39-17-10-18-41(30-39)49-34-50(42-19-11-20-43(31-42)52-33-44-16-6-9-23-51(44)57-52)56-54(55-49)38-26-24-37(25-27-38)53-46-22-8-5-15-40(46)32-48-45-21-7-4-14-36(45)28-29-47(48)53/h1-34H. The van der Waals surface area contributed by atoms with Gasteiger partial charge in [-0.2, -0.15) is 0 Å². The van der Waals surface area contributed by atoms with Crippen LogP contribution in [0, 0.1) is 0 Å². The van der Waals surface area contributed by atoms with E-state index in [0.717, 1.165) is 33.6 Å². The Bertz CT molecular complexity index is 3260. The van der Waals surface area contributed by atoms with E-state index < -0.39 is 0 Å². The van der Waals surface area contributed by atoms with Gasteiger partial charge in [0.1, 0.15) is 0 Å². The van der Waals surface area contributed by atoms with Gasteiger partial charge in [-0.15, -0.1) is 11.3 Å². The fraction of sp³-hybridized carbons (Fsp3) is 0. The molecule has 2 heterocycles. The summed E-state index contributed by atoms with van der Waals surface area (Å²) < 4.78 is 1.29. The number of hydrogen-bond acceptors (Lipinski definition) is 3. The van der Waals surface area contributed by atoms with E-state index >= 15 is 0 Å². The molecule has 0 amide bonds. The van der Waals surface area contributed by atoms with Crippen LogP contribution < -0.4 is 0 Å². The first-order valence-electron chi connectivity index (χ1n) is 19.3. The van der Waals surface area contributed by atoms with Crippen molar-refractivity contribution in [3.8, 4) is 66.6 Å². The van der Waals surface area contributed by atoms with Gasteiger partial charge in [0, 0.05) is 26.3 Å². The maximum Gasteiger partial charge on any atom is 0.160 e. The summed E-state index contributed by atoms with van der Waals surface area (Å²) in [4.78, 5) is 11.8. The van der Waals surface area contributed by atoms with Crippen LogP contribution in [-0.4, -0.2) is 9.97 Å². The molecule has 57 heavy (non-hydrogen) atoms. The lowest BCUT2D eigenvalue weighted by molar-refractivity contribution is 1.18. The molecule has 9 aromatic carbocycles. The highest BCUT2D eigenvalue weighted by Gasteiger charge is 2.16. The fourth-order valence-electron chi connectivity index (χ4n) is 8.23. The summed E-state index contributed by atoms with van der Waals surface area (Å²) >= 11 is 1.82. The zero-order valence-electron chi connectivity index (χ0n) is 30.9. The summed E-state index contributed by atoms with van der Waals surface area (Å²) in [5.41, 5.74) is 10.8. The highest BCUT2D eigenvalue weighted by molar-refractivity contribution is 7.22. The number of nitrogens with zero attached hydrogens (tertiary/aromatic N) is 2. The van der Waals surface area contributed by atoms with Crippen LogP contribution in [0.25, 0.3) is 109 Å². The van der Waals surface area contributed by atoms with E-state index in [-0.39, 0.29) is 0 Å². The lowest BCUT2D eigenvalue weighted by Gasteiger charge is -2.15. The minimum Gasteiger partial charge on any atom is -0.228 e. The minimum atomic E-state index is 0.695. The molecule has 0 bridgehead atoms. The molecule has 0 aliphatic heterocycles. The van der Waals surface area contributed by atoms with Crippen molar-refractivity contribution in [2.75, 3.05) is 0 Å². The molecular weight excluding hydrogens is 709 g/mol. The van der Waals surface area contributed by atoms with E-state index in [2.05, 4.69) is 206 Å². The summed E-state index contributed by atoms with van der Waals surface area (Å²) in [6.45, 7) is 0. The van der Waals surface area contributed by atoms with Crippen molar-refractivity contribution in [1.29, 1.82) is 0 Å². The third kappa shape index (κ3) is 6.06. The van der Waals surface area contributed by atoms with E-state index in [9.17, 15) is 0 Å². The summed E-state index contributed by atoms with van der Waals surface area (Å²) in [6, 6.07) is 74.0. The third-order valence-corrected chi connectivity index (χ3v) is 12.2. The molecule has 2 nitrogen and oxygen atoms in total. The van der Waals surface area contributed by atoms with Gasteiger partial charge in [-0.05, 0) is 102 Å². The molecule has 3 heteroatoms. The summed E-state index contributed by atoms with van der Waals surface area (Å²) in [5.74, 6) is 0.695. The molecule has 0 fully saturated rings. The second kappa shape index (κ2) is 13.8. The second-order valence-corrected chi connectivity index (χ2v) is 15.7. The van der Waals surface area contributed by atoms with Crippen molar-refractivity contribution in [3.63, 3.8) is 0 Å². The van der Waals surface area contributed by atoms with Crippen LogP contribution in [0.2, 0.25) is 0 Å². The Morgan fingerprint density at radius 2 is 0.895 bits per heavy atom. The number of benzene rings is 9. The first kappa shape index (κ1) is 33.2. The topological polar surface area (TPSA) is 25.8 Å². The van der Waals surface area contributed by atoms with Gasteiger partial charge in [0.15, 0.2) is 5.82 Å². The lowest BCUT2D eigenvalue weighted by atomic mass is 9.89. The van der Waals surface area contributed by atoms with E-state index in [1.54, 1.807) is 0 Å². The van der Waals surface area contributed by atoms with Gasteiger partial charge < -0.3 is 0 Å². The number of thiophene rings is 1. The van der Waals surface area contributed by atoms with Crippen molar-refractivity contribution in [1.82, 2.24) is 9.97 Å². The summed E-state index contributed by atoms with van der Waals surface area (Å²) in [6.07, 6.45) is 0. The molecule has 0 spiro atoms. The highest BCUT2D eigenvalue weighted by atomic mass is 32.1. The molecule has 0 aliphatic carbocycles. The number of rotatable bonds is 6. The smallest absolute Gasteiger partial charge is 0.160 e. The molecule has 0 unspecified atom stereocenters. The normalized spacial score (nSPS) is 11.5. The van der Waals surface area contributed by atoms with Gasteiger partial charge in [0.25, 0.3) is 0 Å². The Hall–Kier alpha value is -7.20. The maximum absolute atomic E-state index is 5.29. The largest absolute Gasteiger partial charge is 0.228 e. The zero-order chi connectivity index (χ0) is 37.7. The van der Waals surface area contributed by atoms with Crippen LogP contribution in [0.3, 0.4) is 0 Å². The van der Waals surface area contributed by atoms with Crippen molar-refractivity contribution >= 4 is 53.7 Å². The highest BCUT2D eigenvalue weighted by Crippen LogP contribution is 2.41. The molecule has 0 N–H and O–H groups in total. The van der Waals surface area contributed by atoms with Gasteiger partial charge >= 0.3 is 0 Å². The molecule has 0 atom stereocenters. The van der Waals surface area contributed by atoms with Crippen molar-refractivity contribution in [3.05, 3.63) is 206 Å². The molecule has 11 rings (SSSR count). The second-order valence-electron chi connectivity index (χ2n) is 14.6. The van der Waals surface area contributed by atoms with E-state index in [0.29, 0.717) is 5.82 Å². The molecule has 0 saturated heterocycles. The molecule has 0 radical (unpaired) electrons. The lowest BCUT2D eigenvalue weighted by Crippen LogP contribution is -1.96. The van der Waals surface area contributed by atoms with Gasteiger partial charge in [0.2, 0.25) is 0 Å². The molecule has 2 aromatic heterocycles. The Labute approximate surface area is 335 Å². The SMILES string of the molecule is c1ccc(-c2cccc(-c3cc(-c4cccc(-c5cc6ccccc6s5)c4)nc(-c4ccc(-c5c6ccccc6cc6c5ccc5ccccc56)cc4)n3)c2)cc1. The Kier molecular flexibility index (Phi) is 8.04. The van der Waals surface area contributed by atoms with Crippen LogP contribution in [0.4, 0.5) is 0 Å². The van der Waals surface area contributed by atoms with Crippen LogP contribution in [0.1, 0.15) is 0 Å². The van der Waals surface area contributed by atoms with Gasteiger partial charge in [-0.25, -0.2) is 9.97 Å². The molecule has 266 valence electrons. The van der Waals surface area contributed by atoms with Crippen LogP contribution in [0.15, 0.2) is 206 Å². The van der Waals surface area contributed by atoms with E-state index in [1.165, 1.54) is 69.5 Å². The van der Waals surface area contributed by atoms with Gasteiger partial charge in [0.05, 0.1) is 11.4 Å². The average molecular weight is 743 g/mol. The van der Waals surface area contributed by atoms with Crippen LogP contribution in [-0.2, 0) is 0 Å².